The van der Waals surface area contributed by atoms with Gasteiger partial charge in [-0.3, -0.25) is 9.59 Å². The lowest BCUT2D eigenvalue weighted by molar-refractivity contribution is -0.136. The Balaban J connectivity index is 1.79. The average Bonchev–Trinajstić information content (AvgIpc) is 2.72. The lowest BCUT2D eigenvalue weighted by atomic mass is 10.2. The summed E-state index contributed by atoms with van der Waals surface area (Å²) in [6, 6.07) is 13.3. The molecule has 0 heterocycles. The second-order valence-corrected chi connectivity index (χ2v) is 7.49. The Hall–Kier alpha value is -3.06. The van der Waals surface area contributed by atoms with Gasteiger partial charge < -0.3 is 19.7 Å². The number of hydrogen-bond acceptors (Lipinski definition) is 5. The molecule has 1 N–H and O–H groups in total. The number of carbonyl (C=O) groups excluding carboxylic acids is 3. The third-order valence-corrected chi connectivity index (χ3v) is 4.28. The van der Waals surface area contributed by atoms with E-state index in [0.717, 1.165) is 0 Å². The van der Waals surface area contributed by atoms with E-state index in [1.807, 2.05) is 13.8 Å². The summed E-state index contributed by atoms with van der Waals surface area (Å²) in [5.41, 5.74) is 0.760. The van der Waals surface area contributed by atoms with E-state index in [0.29, 0.717) is 34.5 Å². The third-order valence-electron chi connectivity index (χ3n) is 3.95. The van der Waals surface area contributed by atoms with Crippen LogP contribution in [0.15, 0.2) is 48.5 Å². The van der Waals surface area contributed by atoms with Crippen LogP contribution in [0.2, 0.25) is 5.02 Å². The minimum absolute atomic E-state index is 0.205. The Kier molecular flexibility index (Phi) is 8.68. The number of esters is 1. The maximum absolute atomic E-state index is 12.2. The van der Waals surface area contributed by atoms with Crippen molar-refractivity contribution in [1.82, 2.24) is 4.90 Å². The van der Waals surface area contributed by atoms with E-state index >= 15 is 0 Å². The molecule has 0 atom stereocenters. The number of rotatable bonds is 9. The highest BCUT2D eigenvalue weighted by atomic mass is 35.5. The highest BCUT2D eigenvalue weighted by molar-refractivity contribution is 6.33. The molecule has 0 aliphatic heterocycles. The third kappa shape index (κ3) is 7.40. The Labute approximate surface area is 180 Å². The maximum Gasteiger partial charge on any atom is 0.338 e. The zero-order valence-corrected chi connectivity index (χ0v) is 17.9. The standard InChI is InChI=1S/C22H25ClN2O5/c1-15(2)13-29-17-10-8-16(9-11-17)22(28)30-14-21(27)25(3)12-20(26)24-19-7-5-4-6-18(19)23/h4-11,15H,12-14H2,1-3H3,(H,24,26). The van der Waals surface area contributed by atoms with Crippen molar-refractivity contribution in [1.29, 1.82) is 0 Å². The molecular weight excluding hydrogens is 408 g/mol. The molecule has 160 valence electrons. The van der Waals surface area contributed by atoms with Crippen LogP contribution in [-0.2, 0) is 14.3 Å². The Morgan fingerprint density at radius 2 is 1.73 bits per heavy atom. The zero-order chi connectivity index (χ0) is 22.1. The number of likely N-dealkylation sites (N-methyl/N-ethyl adjacent to an activating group) is 1. The summed E-state index contributed by atoms with van der Waals surface area (Å²) in [5, 5.41) is 3.02. The minimum atomic E-state index is -0.632. The van der Waals surface area contributed by atoms with Crippen molar-refractivity contribution in [3.63, 3.8) is 0 Å². The molecule has 2 aromatic carbocycles. The Bertz CT molecular complexity index is 883. The first-order chi connectivity index (χ1) is 14.3. The van der Waals surface area contributed by atoms with Crippen LogP contribution in [0, 0.1) is 5.92 Å². The fourth-order valence-electron chi connectivity index (χ4n) is 2.33. The second kappa shape index (κ2) is 11.2. The van der Waals surface area contributed by atoms with Gasteiger partial charge in [0.1, 0.15) is 5.75 Å². The molecule has 0 radical (unpaired) electrons. The van der Waals surface area contributed by atoms with Gasteiger partial charge in [-0.05, 0) is 42.3 Å². The van der Waals surface area contributed by atoms with Gasteiger partial charge in [0, 0.05) is 7.05 Å². The van der Waals surface area contributed by atoms with E-state index in [1.165, 1.54) is 11.9 Å². The van der Waals surface area contributed by atoms with Gasteiger partial charge in [-0.25, -0.2) is 4.79 Å². The van der Waals surface area contributed by atoms with Crippen molar-refractivity contribution >= 4 is 35.1 Å². The average molecular weight is 433 g/mol. The van der Waals surface area contributed by atoms with Gasteiger partial charge >= 0.3 is 5.97 Å². The van der Waals surface area contributed by atoms with Crippen LogP contribution in [0.5, 0.6) is 5.75 Å². The van der Waals surface area contributed by atoms with Crippen molar-refractivity contribution < 1.29 is 23.9 Å². The monoisotopic (exact) mass is 432 g/mol. The SMILES string of the molecule is CC(C)COc1ccc(C(=O)OCC(=O)N(C)CC(=O)Nc2ccccc2Cl)cc1. The van der Waals surface area contributed by atoms with Crippen molar-refractivity contribution in [2.75, 3.05) is 32.1 Å². The predicted molar refractivity (Wildman–Crippen MR) is 115 cm³/mol. The summed E-state index contributed by atoms with van der Waals surface area (Å²) in [5.74, 6) is -0.505. The van der Waals surface area contributed by atoms with Gasteiger partial charge in [0.25, 0.3) is 5.91 Å². The quantitative estimate of drug-likeness (QED) is 0.611. The lowest BCUT2D eigenvalue weighted by Crippen LogP contribution is -2.37. The first-order valence-corrected chi connectivity index (χ1v) is 9.82. The molecule has 0 spiro atoms. The molecule has 0 aromatic heterocycles. The van der Waals surface area contributed by atoms with E-state index in [1.54, 1.807) is 48.5 Å². The van der Waals surface area contributed by atoms with E-state index in [9.17, 15) is 14.4 Å². The number of para-hydroxylation sites is 1. The molecule has 0 saturated carbocycles. The summed E-state index contributed by atoms with van der Waals surface area (Å²) in [6.45, 7) is 3.99. The first-order valence-electron chi connectivity index (χ1n) is 9.44. The van der Waals surface area contributed by atoms with Gasteiger partial charge in [0.2, 0.25) is 5.91 Å². The largest absolute Gasteiger partial charge is 0.493 e. The van der Waals surface area contributed by atoms with Gasteiger partial charge in [0.05, 0.1) is 29.4 Å². The smallest absolute Gasteiger partial charge is 0.338 e. The topological polar surface area (TPSA) is 84.9 Å². The number of hydrogen-bond donors (Lipinski definition) is 1. The highest BCUT2D eigenvalue weighted by Gasteiger charge is 2.16. The fraction of sp³-hybridized carbons (Fsp3) is 0.318. The zero-order valence-electron chi connectivity index (χ0n) is 17.2. The number of amides is 2. The molecule has 2 amide bonds. The first kappa shape index (κ1) is 23.2. The number of benzene rings is 2. The van der Waals surface area contributed by atoms with Gasteiger partial charge in [-0.15, -0.1) is 0 Å². The van der Waals surface area contributed by atoms with E-state index in [4.69, 9.17) is 21.1 Å². The lowest BCUT2D eigenvalue weighted by Gasteiger charge is -2.17. The molecule has 30 heavy (non-hydrogen) atoms. The van der Waals surface area contributed by atoms with Crippen molar-refractivity contribution in [3.05, 3.63) is 59.1 Å². The predicted octanol–water partition coefficient (Wildman–Crippen LogP) is 3.63. The summed E-state index contributed by atoms with van der Waals surface area (Å²) < 4.78 is 10.6. The molecule has 0 unspecified atom stereocenters. The molecule has 0 aliphatic carbocycles. The van der Waals surface area contributed by atoms with Crippen molar-refractivity contribution in [3.8, 4) is 5.75 Å². The van der Waals surface area contributed by atoms with Crippen LogP contribution >= 0.6 is 11.6 Å². The number of ether oxygens (including phenoxy) is 2. The van der Waals surface area contributed by atoms with Crippen LogP contribution in [0.3, 0.4) is 0 Å². The molecule has 2 aromatic rings. The molecule has 8 heteroatoms. The Morgan fingerprint density at radius 3 is 2.37 bits per heavy atom. The molecule has 0 fully saturated rings. The van der Waals surface area contributed by atoms with Crippen LogP contribution in [0.4, 0.5) is 5.69 Å². The molecule has 0 aliphatic rings. The number of anilines is 1. The van der Waals surface area contributed by atoms with Gasteiger partial charge in [0.15, 0.2) is 6.61 Å². The van der Waals surface area contributed by atoms with Crippen LogP contribution in [0.25, 0.3) is 0 Å². The minimum Gasteiger partial charge on any atom is -0.493 e. The fourth-order valence-corrected chi connectivity index (χ4v) is 2.51. The molecule has 7 nitrogen and oxygen atoms in total. The number of halogens is 1. The second-order valence-electron chi connectivity index (χ2n) is 7.08. The van der Waals surface area contributed by atoms with E-state index in [2.05, 4.69) is 5.32 Å². The highest BCUT2D eigenvalue weighted by Crippen LogP contribution is 2.20. The Morgan fingerprint density at radius 1 is 1.07 bits per heavy atom. The van der Waals surface area contributed by atoms with Gasteiger partial charge in [-0.1, -0.05) is 37.6 Å². The van der Waals surface area contributed by atoms with Crippen molar-refractivity contribution in [2.24, 2.45) is 5.92 Å². The molecule has 0 bridgehead atoms. The van der Waals surface area contributed by atoms with Gasteiger partial charge in [-0.2, -0.15) is 0 Å². The summed E-state index contributed by atoms with van der Waals surface area (Å²) >= 11 is 5.99. The van der Waals surface area contributed by atoms with E-state index in [-0.39, 0.29) is 6.54 Å². The summed E-state index contributed by atoms with van der Waals surface area (Å²) in [7, 11) is 1.45. The molecular formula is C22H25ClN2O5. The van der Waals surface area contributed by atoms with Crippen LogP contribution in [0.1, 0.15) is 24.2 Å². The molecule has 2 rings (SSSR count). The summed E-state index contributed by atoms with van der Waals surface area (Å²) in [4.78, 5) is 37.5. The van der Waals surface area contributed by atoms with Crippen LogP contribution < -0.4 is 10.1 Å². The van der Waals surface area contributed by atoms with Crippen LogP contribution in [-0.4, -0.2) is 49.5 Å². The normalized spacial score (nSPS) is 10.4. The number of carbonyl (C=O) groups is 3. The maximum atomic E-state index is 12.2. The van der Waals surface area contributed by atoms with Crippen molar-refractivity contribution in [2.45, 2.75) is 13.8 Å². The molecule has 0 saturated heterocycles. The van der Waals surface area contributed by atoms with E-state index < -0.39 is 24.4 Å². The summed E-state index contributed by atoms with van der Waals surface area (Å²) in [6.07, 6.45) is 0. The number of nitrogens with zero attached hydrogens (tertiary/aromatic N) is 1. The number of nitrogens with one attached hydrogen (secondary N) is 1.